The molecule has 33 heavy (non-hydrogen) atoms. The summed E-state index contributed by atoms with van der Waals surface area (Å²) in [6, 6.07) is 6.86. The average molecular weight is 458 g/mol. The molecular weight excluding hydrogens is 426 g/mol. The average Bonchev–Trinajstić information content (AvgIpc) is 3.12. The van der Waals surface area contributed by atoms with Gasteiger partial charge >= 0.3 is 0 Å². The number of methoxy groups -OCH3 is 1. The summed E-state index contributed by atoms with van der Waals surface area (Å²) in [6.07, 6.45) is 6.16. The van der Waals surface area contributed by atoms with Gasteiger partial charge in [-0.25, -0.2) is 0 Å². The quantitative estimate of drug-likeness (QED) is 0.493. The molecule has 0 spiro atoms. The first-order chi connectivity index (χ1) is 15.9. The van der Waals surface area contributed by atoms with Crippen LogP contribution in [0.2, 0.25) is 0 Å². The highest BCUT2D eigenvalue weighted by Gasteiger charge is 2.38. The number of anilines is 2. The van der Waals surface area contributed by atoms with Crippen LogP contribution in [-0.2, 0) is 31.1 Å². The van der Waals surface area contributed by atoms with E-state index in [1.807, 2.05) is 0 Å². The summed E-state index contributed by atoms with van der Waals surface area (Å²) < 4.78 is 10.2. The standard InChI is InChI=1S/C23H31N5O5/c1-16(29)27-23(12-5-3-4-6-13-23)22-26-21(33-28-22)11-10-19(30)24-17-8-7-9-18(14-17)25-20(31)15-32-2/h7-9,14H,3-6,10-13,15H2,1-2H3,(H,24,30)(H,25,31)(H,27,29). The molecule has 0 atom stereocenters. The van der Waals surface area contributed by atoms with Gasteiger partial charge in [0.25, 0.3) is 0 Å². The largest absolute Gasteiger partial charge is 0.375 e. The van der Waals surface area contributed by atoms with Gasteiger partial charge in [-0.15, -0.1) is 0 Å². The molecular formula is C23H31N5O5. The molecule has 2 aromatic rings. The Balaban J connectivity index is 1.58. The van der Waals surface area contributed by atoms with E-state index in [0.29, 0.717) is 23.1 Å². The minimum Gasteiger partial charge on any atom is -0.375 e. The number of carbonyl (C=O) groups excluding carboxylic acids is 3. The number of benzene rings is 1. The SMILES string of the molecule is COCC(=O)Nc1cccc(NC(=O)CCc2nc(C3(NC(C)=O)CCCCCC3)no2)c1. The van der Waals surface area contributed by atoms with Gasteiger partial charge in [0.15, 0.2) is 5.82 Å². The molecule has 1 aromatic heterocycles. The molecule has 1 fully saturated rings. The summed E-state index contributed by atoms with van der Waals surface area (Å²) in [4.78, 5) is 40.4. The number of aromatic nitrogens is 2. The number of aryl methyl sites for hydroxylation is 1. The molecule has 0 bridgehead atoms. The van der Waals surface area contributed by atoms with Gasteiger partial charge in [0.05, 0.1) is 0 Å². The van der Waals surface area contributed by atoms with Crippen LogP contribution in [0.15, 0.2) is 28.8 Å². The highest BCUT2D eigenvalue weighted by atomic mass is 16.5. The summed E-state index contributed by atoms with van der Waals surface area (Å²) in [6.45, 7) is 1.45. The second-order valence-corrected chi connectivity index (χ2v) is 8.30. The fourth-order valence-corrected chi connectivity index (χ4v) is 4.07. The molecule has 3 rings (SSSR count). The fourth-order valence-electron chi connectivity index (χ4n) is 4.07. The van der Waals surface area contributed by atoms with Crippen molar-refractivity contribution in [3.63, 3.8) is 0 Å². The highest BCUT2D eigenvalue weighted by molar-refractivity contribution is 5.94. The van der Waals surface area contributed by atoms with Crippen LogP contribution in [0.3, 0.4) is 0 Å². The van der Waals surface area contributed by atoms with E-state index in [1.165, 1.54) is 14.0 Å². The number of hydrogen-bond acceptors (Lipinski definition) is 7. The van der Waals surface area contributed by atoms with Gasteiger partial charge in [0, 0.05) is 38.2 Å². The molecule has 178 valence electrons. The minimum atomic E-state index is -0.611. The van der Waals surface area contributed by atoms with Crippen molar-refractivity contribution in [1.82, 2.24) is 15.5 Å². The van der Waals surface area contributed by atoms with E-state index in [4.69, 9.17) is 9.26 Å². The molecule has 1 aromatic carbocycles. The second-order valence-electron chi connectivity index (χ2n) is 8.30. The predicted molar refractivity (Wildman–Crippen MR) is 121 cm³/mol. The molecule has 0 saturated heterocycles. The van der Waals surface area contributed by atoms with Crippen molar-refractivity contribution in [3.05, 3.63) is 36.0 Å². The van der Waals surface area contributed by atoms with Crippen molar-refractivity contribution in [2.75, 3.05) is 24.4 Å². The van der Waals surface area contributed by atoms with E-state index in [-0.39, 0.29) is 37.2 Å². The number of rotatable bonds is 9. The molecule has 3 N–H and O–H groups in total. The lowest BCUT2D eigenvalue weighted by Crippen LogP contribution is -2.45. The van der Waals surface area contributed by atoms with E-state index in [2.05, 4.69) is 26.1 Å². The summed E-state index contributed by atoms with van der Waals surface area (Å²) in [5.41, 5.74) is 0.507. The van der Waals surface area contributed by atoms with Gasteiger partial charge in [0.2, 0.25) is 23.6 Å². The van der Waals surface area contributed by atoms with Crippen LogP contribution in [0.25, 0.3) is 0 Å². The molecule has 3 amide bonds. The van der Waals surface area contributed by atoms with Crippen LogP contribution in [0, 0.1) is 0 Å². The first-order valence-corrected chi connectivity index (χ1v) is 11.2. The zero-order valence-electron chi connectivity index (χ0n) is 19.1. The number of hydrogen-bond donors (Lipinski definition) is 3. The first kappa shape index (κ1) is 24.4. The van der Waals surface area contributed by atoms with Crippen LogP contribution in [-0.4, -0.2) is 41.6 Å². The van der Waals surface area contributed by atoms with Crippen molar-refractivity contribution in [2.45, 2.75) is 63.8 Å². The Kier molecular flexibility index (Phi) is 8.53. The topological polar surface area (TPSA) is 135 Å². The van der Waals surface area contributed by atoms with Gasteiger partial charge < -0.3 is 25.2 Å². The third kappa shape index (κ3) is 7.11. The molecule has 1 aliphatic rings. The Hall–Kier alpha value is -3.27. The van der Waals surface area contributed by atoms with Crippen LogP contribution >= 0.6 is 0 Å². The molecule has 0 radical (unpaired) electrons. The Labute approximate surface area is 192 Å². The van der Waals surface area contributed by atoms with Gasteiger partial charge in [-0.1, -0.05) is 36.9 Å². The predicted octanol–water partition coefficient (Wildman–Crippen LogP) is 2.91. The Morgan fingerprint density at radius 3 is 2.36 bits per heavy atom. The van der Waals surface area contributed by atoms with Crippen LogP contribution < -0.4 is 16.0 Å². The van der Waals surface area contributed by atoms with E-state index < -0.39 is 5.54 Å². The molecule has 0 aliphatic heterocycles. The maximum atomic E-state index is 12.4. The Morgan fingerprint density at radius 1 is 1.06 bits per heavy atom. The van der Waals surface area contributed by atoms with Crippen molar-refractivity contribution in [2.24, 2.45) is 0 Å². The zero-order valence-corrected chi connectivity index (χ0v) is 19.1. The molecule has 10 nitrogen and oxygen atoms in total. The lowest BCUT2D eigenvalue weighted by Gasteiger charge is -2.30. The second kappa shape index (κ2) is 11.6. The monoisotopic (exact) mass is 457 g/mol. The fraction of sp³-hybridized carbons (Fsp3) is 0.522. The summed E-state index contributed by atoms with van der Waals surface area (Å²) in [7, 11) is 1.44. The Morgan fingerprint density at radius 2 is 1.73 bits per heavy atom. The number of carbonyl (C=O) groups is 3. The maximum Gasteiger partial charge on any atom is 0.250 e. The lowest BCUT2D eigenvalue weighted by molar-refractivity contribution is -0.121. The lowest BCUT2D eigenvalue weighted by atomic mass is 9.89. The van der Waals surface area contributed by atoms with E-state index >= 15 is 0 Å². The summed E-state index contributed by atoms with van der Waals surface area (Å²) >= 11 is 0. The molecule has 1 heterocycles. The van der Waals surface area contributed by atoms with Crippen molar-refractivity contribution in [3.8, 4) is 0 Å². The number of nitrogens with zero attached hydrogens (tertiary/aromatic N) is 2. The van der Waals surface area contributed by atoms with Crippen molar-refractivity contribution >= 4 is 29.1 Å². The van der Waals surface area contributed by atoms with Crippen LogP contribution in [0.1, 0.15) is 63.6 Å². The third-order valence-corrected chi connectivity index (χ3v) is 5.54. The smallest absolute Gasteiger partial charge is 0.250 e. The van der Waals surface area contributed by atoms with Gasteiger partial charge in [-0.2, -0.15) is 4.98 Å². The summed E-state index contributed by atoms with van der Waals surface area (Å²) in [5.74, 6) is 0.215. The molecule has 1 aliphatic carbocycles. The first-order valence-electron chi connectivity index (χ1n) is 11.2. The number of nitrogens with one attached hydrogen (secondary N) is 3. The normalized spacial score (nSPS) is 15.3. The van der Waals surface area contributed by atoms with Gasteiger partial charge in [-0.05, 0) is 31.0 Å². The van der Waals surface area contributed by atoms with Gasteiger partial charge in [0.1, 0.15) is 12.1 Å². The number of amides is 3. The molecule has 10 heteroatoms. The van der Waals surface area contributed by atoms with Crippen molar-refractivity contribution in [1.29, 1.82) is 0 Å². The minimum absolute atomic E-state index is 0.0496. The molecule has 1 saturated carbocycles. The van der Waals surface area contributed by atoms with E-state index in [9.17, 15) is 14.4 Å². The zero-order chi connectivity index (χ0) is 23.7. The van der Waals surface area contributed by atoms with Crippen molar-refractivity contribution < 1.29 is 23.6 Å². The maximum absolute atomic E-state index is 12.4. The highest BCUT2D eigenvalue weighted by Crippen LogP contribution is 2.34. The van der Waals surface area contributed by atoms with Crippen LogP contribution in [0.4, 0.5) is 11.4 Å². The molecule has 0 unspecified atom stereocenters. The van der Waals surface area contributed by atoms with E-state index in [1.54, 1.807) is 24.3 Å². The Bertz CT molecular complexity index is 966. The van der Waals surface area contributed by atoms with Gasteiger partial charge in [-0.3, -0.25) is 14.4 Å². The number of ether oxygens (including phenoxy) is 1. The van der Waals surface area contributed by atoms with Crippen LogP contribution in [0.5, 0.6) is 0 Å². The van der Waals surface area contributed by atoms with E-state index in [0.717, 1.165) is 38.5 Å². The third-order valence-electron chi connectivity index (χ3n) is 5.54. The summed E-state index contributed by atoms with van der Waals surface area (Å²) in [5, 5.41) is 12.7.